The van der Waals surface area contributed by atoms with Crippen molar-refractivity contribution < 1.29 is 4.39 Å². The van der Waals surface area contributed by atoms with Crippen molar-refractivity contribution in [2.24, 2.45) is 0 Å². The third-order valence-corrected chi connectivity index (χ3v) is 5.60. The maximum absolute atomic E-state index is 14.2. The van der Waals surface area contributed by atoms with E-state index in [1.807, 2.05) is 18.2 Å². The van der Waals surface area contributed by atoms with Gasteiger partial charge >= 0.3 is 0 Å². The highest BCUT2D eigenvalue weighted by Crippen LogP contribution is 2.39. The van der Waals surface area contributed by atoms with Crippen LogP contribution in [0.3, 0.4) is 0 Å². The summed E-state index contributed by atoms with van der Waals surface area (Å²) in [6, 6.07) is 24.7. The van der Waals surface area contributed by atoms with Gasteiger partial charge in [-0.2, -0.15) is 0 Å². The molecule has 0 aliphatic heterocycles. The molecule has 3 aromatic carbocycles. The Kier molecular flexibility index (Phi) is 4.60. The molecule has 0 aromatic heterocycles. The Morgan fingerprint density at radius 1 is 0.885 bits per heavy atom. The van der Waals surface area contributed by atoms with Crippen molar-refractivity contribution in [3.63, 3.8) is 0 Å². The van der Waals surface area contributed by atoms with E-state index in [2.05, 4.69) is 61.5 Å². The van der Waals surface area contributed by atoms with Crippen LogP contribution in [-0.2, 0) is 6.42 Å². The summed E-state index contributed by atoms with van der Waals surface area (Å²) in [5.74, 6) is 0.180. The minimum Gasteiger partial charge on any atom is -0.306 e. The standard InChI is InChI=1S/C24H24FN/c1-26(2)20-15-19-8-3-4-11-21(19)23(16-20)18-10-7-9-17(14-18)22-12-5-6-13-24(22)25/h3-14,20,23H,15-16H2,1-2H3/t20-,23-/m0/s1. The van der Waals surface area contributed by atoms with E-state index in [4.69, 9.17) is 0 Å². The average Bonchev–Trinajstić information content (AvgIpc) is 2.67. The van der Waals surface area contributed by atoms with Crippen LogP contribution in [0.2, 0.25) is 0 Å². The first-order valence-corrected chi connectivity index (χ1v) is 9.22. The zero-order chi connectivity index (χ0) is 18.1. The number of rotatable bonds is 3. The molecule has 0 saturated carbocycles. The largest absolute Gasteiger partial charge is 0.306 e. The van der Waals surface area contributed by atoms with Crippen LogP contribution in [0.15, 0.2) is 72.8 Å². The van der Waals surface area contributed by atoms with E-state index in [0.717, 1.165) is 18.4 Å². The number of halogens is 1. The van der Waals surface area contributed by atoms with Gasteiger partial charge in [0.05, 0.1) is 0 Å². The molecule has 0 unspecified atom stereocenters. The molecule has 3 aromatic rings. The van der Waals surface area contributed by atoms with Crippen molar-refractivity contribution in [3.8, 4) is 11.1 Å². The monoisotopic (exact) mass is 345 g/mol. The fourth-order valence-corrected chi connectivity index (χ4v) is 4.12. The van der Waals surface area contributed by atoms with Crippen molar-refractivity contribution >= 4 is 0 Å². The van der Waals surface area contributed by atoms with Gasteiger partial charge in [-0.25, -0.2) is 4.39 Å². The molecule has 0 heterocycles. The number of benzene rings is 3. The maximum atomic E-state index is 14.2. The van der Waals surface area contributed by atoms with E-state index in [0.29, 0.717) is 17.5 Å². The number of hydrogen-bond donors (Lipinski definition) is 0. The molecule has 132 valence electrons. The van der Waals surface area contributed by atoms with Crippen LogP contribution in [0.4, 0.5) is 4.39 Å². The number of hydrogen-bond acceptors (Lipinski definition) is 1. The molecule has 1 nitrogen and oxygen atoms in total. The second kappa shape index (κ2) is 7.05. The fraction of sp³-hybridized carbons (Fsp3) is 0.250. The van der Waals surface area contributed by atoms with E-state index in [1.165, 1.54) is 22.8 Å². The highest BCUT2D eigenvalue weighted by molar-refractivity contribution is 5.65. The molecule has 4 rings (SSSR count). The lowest BCUT2D eigenvalue weighted by Gasteiger charge is -2.35. The predicted molar refractivity (Wildman–Crippen MR) is 106 cm³/mol. The van der Waals surface area contributed by atoms with Gasteiger partial charge in [0.1, 0.15) is 5.82 Å². The number of nitrogens with zero attached hydrogens (tertiary/aromatic N) is 1. The summed E-state index contributed by atoms with van der Waals surface area (Å²) >= 11 is 0. The topological polar surface area (TPSA) is 3.24 Å². The Bertz CT molecular complexity index is 915. The normalized spacial score (nSPS) is 19.4. The zero-order valence-corrected chi connectivity index (χ0v) is 15.3. The van der Waals surface area contributed by atoms with Crippen LogP contribution in [-0.4, -0.2) is 25.0 Å². The van der Waals surface area contributed by atoms with Crippen molar-refractivity contribution in [2.45, 2.75) is 24.8 Å². The molecule has 2 atom stereocenters. The zero-order valence-electron chi connectivity index (χ0n) is 15.3. The van der Waals surface area contributed by atoms with Gasteiger partial charge in [-0.1, -0.05) is 66.7 Å². The van der Waals surface area contributed by atoms with Gasteiger partial charge < -0.3 is 4.90 Å². The average molecular weight is 345 g/mol. The van der Waals surface area contributed by atoms with Crippen molar-refractivity contribution in [1.82, 2.24) is 4.90 Å². The summed E-state index contributed by atoms with van der Waals surface area (Å²) in [5, 5.41) is 0. The Balaban J connectivity index is 1.78. The van der Waals surface area contributed by atoms with Crippen LogP contribution in [0, 0.1) is 5.82 Å². The predicted octanol–water partition coefficient (Wildman–Crippen LogP) is 5.50. The molecule has 0 spiro atoms. The number of likely N-dealkylation sites (N-methyl/N-ethyl adjacent to an activating group) is 1. The smallest absolute Gasteiger partial charge is 0.131 e. The first-order valence-electron chi connectivity index (χ1n) is 9.22. The summed E-state index contributed by atoms with van der Waals surface area (Å²) in [7, 11) is 4.32. The van der Waals surface area contributed by atoms with Gasteiger partial charge in [-0.05, 0) is 55.3 Å². The molecule has 0 saturated heterocycles. The Morgan fingerprint density at radius 3 is 2.46 bits per heavy atom. The highest BCUT2D eigenvalue weighted by atomic mass is 19.1. The summed E-state index contributed by atoms with van der Waals surface area (Å²) < 4.78 is 14.2. The van der Waals surface area contributed by atoms with Crippen LogP contribution in [0.25, 0.3) is 11.1 Å². The fourth-order valence-electron chi connectivity index (χ4n) is 4.12. The van der Waals surface area contributed by atoms with Gasteiger partial charge in [0.25, 0.3) is 0 Å². The van der Waals surface area contributed by atoms with Crippen molar-refractivity contribution in [2.75, 3.05) is 14.1 Å². The highest BCUT2D eigenvalue weighted by Gasteiger charge is 2.29. The molecule has 26 heavy (non-hydrogen) atoms. The van der Waals surface area contributed by atoms with Gasteiger partial charge in [-0.3, -0.25) is 0 Å². The maximum Gasteiger partial charge on any atom is 0.131 e. The summed E-state index contributed by atoms with van der Waals surface area (Å²) in [4.78, 5) is 2.32. The van der Waals surface area contributed by atoms with Crippen LogP contribution in [0.5, 0.6) is 0 Å². The SMILES string of the molecule is CN(C)[C@H]1Cc2ccccc2[C@H](c2cccc(-c3ccccc3F)c2)C1. The molecule has 2 heteroatoms. The van der Waals surface area contributed by atoms with Gasteiger partial charge in [0.2, 0.25) is 0 Å². The lowest BCUT2D eigenvalue weighted by atomic mass is 9.76. The quantitative estimate of drug-likeness (QED) is 0.606. The van der Waals surface area contributed by atoms with Crippen molar-refractivity contribution in [1.29, 1.82) is 0 Å². The van der Waals surface area contributed by atoms with Crippen LogP contribution in [0.1, 0.15) is 29.0 Å². The van der Waals surface area contributed by atoms with Crippen LogP contribution < -0.4 is 0 Å². The first kappa shape index (κ1) is 17.0. The first-order chi connectivity index (χ1) is 12.6. The molecule has 1 aliphatic carbocycles. The van der Waals surface area contributed by atoms with E-state index >= 15 is 0 Å². The minimum absolute atomic E-state index is 0.167. The molecular weight excluding hydrogens is 321 g/mol. The second-order valence-corrected chi connectivity index (χ2v) is 7.41. The molecule has 0 fully saturated rings. The summed E-state index contributed by atoms with van der Waals surface area (Å²) in [6.07, 6.45) is 2.18. The van der Waals surface area contributed by atoms with E-state index in [-0.39, 0.29) is 5.82 Å². The summed E-state index contributed by atoms with van der Waals surface area (Å²) in [5.41, 5.74) is 5.73. The molecular formula is C24H24FN. The second-order valence-electron chi connectivity index (χ2n) is 7.41. The lowest BCUT2D eigenvalue weighted by molar-refractivity contribution is 0.258. The Labute approximate surface area is 155 Å². The Hall–Kier alpha value is -2.45. The third-order valence-electron chi connectivity index (χ3n) is 5.60. The third kappa shape index (κ3) is 3.17. The molecule has 1 aliphatic rings. The van der Waals surface area contributed by atoms with Gasteiger partial charge in [-0.15, -0.1) is 0 Å². The lowest BCUT2D eigenvalue weighted by Crippen LogP contribution is -2.35. The van der Waals surface area contributed by atoms with Gasteiger partial charge in [0, 0.05) is 17.5 Å². The molecule has 0 bridgehead atoms. The van der Waals surface area contributed by atoms with Crippen molar-refractivity contribution in [3.05, 3.63) is 95.3 Å². The molecule has 0 N–H and O–H groups in total. The summed E-state index contributed by atoms with van der Waals surface area (Å²) in [6.45, 7) is 0. The molecule has 0 amide bonds. The number of fused-ring (bicyclic) bond motifs is 1. The van der Waals surface area contributed by atoms with E-state index in [9.17, 15) is 4.39 Å². The van der Waals surface area contributed by atoms with E-state index in [1.54, 1.807) is 6.07 Å². The van der Waals surface area contributed by atoms with Crippen LogP contribution >= 0.6 is 0 Å². The van der Waals surface area contributed by atoms with Gasteiger partial charge in [0.15, 0.2) is 0 Å². The minimum atomic E-state index is -0.167. The molecule has 0 radical (unpaired) electrons. The van der Waals surface area contributed by atoms with E-state index < -0.39 is 0 Å². The Morgan fingerprint density at radius 2 is 1.65 bits per heavy atom.